The summed E-state index contributed by atoms with van der Waals surface area (Å²) in [6, 6.07) is 6.46. The standard InChI is InChI=1S/C21H19N5O5/c1-11-4-5-13-14(8-11)20(30)26(19(13)29)7-6-16(27)23-12-9-15-17(22-10-12)24(2)21(31)25(3)18(15)28/h4-5,8-10H,6-7H2,1-3H3,(H,23,27). The molecule has 3 heterocycles. The van der Waals surface area contributed by atoms with Gasteiger partial charge in [0, 0.05) is 27.1 Å². The van der Waals surface area contributed by atoms with Gasteiger partial charge in [-0.15, -0.1) is 0 Å². The van der Waals surface area contributed by atoms with E-state index in [9.17, 15) is 24.0 Å². The number of fused-ring (bicyclic) bond motifs is 2. The van der Waals surface area contributed by atoms with Gasteiger partial charge >= 0.3 is 5.69 Å². The van der Waals surface area contributed by atoms with E-state index < -0.39 is 29.0 Å². The average molecular weight is 421 g/mol. The topological polar surface area (TPSA) is 123 Å². The van der Waals surface area contributed by atoms with Crippen LogP contribution >= 0.6 is 0 Å². The fraction of sp³-hybridized carbons (Fsp3) is 0.238. The number of anilines is 1. The minimum Gasteiger partial charge on any atom is -0.325 e. The van der Waals surface area contributed by atoms with Crippen molar-refractivity contribution in [2.45, 2.75) is 13.3 Å². The summed E-state index contributed by atoms with van der Waals surface area (Å²) in [4.78, 5) is 66.9. The fourth-order valence-corrected chi connectivity index (χ4v) is 3.58. The van der Waals surface area contributed by atoms with Gasteiger partial charge < -0.3 is 5.32 Å². The van der Waals surface area contributed by atoms with E-state index in [0.717, 1.165) is 15.0 Å². The molecule has 10 nitrogen and oxygen atoms in total. The molecule has 3 aromatic rings. The van der Waals surface area contributed by atoms with Crippen molar-refractivity contribution in [1.29, 1.82) is 0 Å². The van der Waals surface area contributed by atoms with Crippen LogP contribution < -0.4 is 16.6 Å². The van der Waals surface area contributed by atoms with Gasteiger partial charge in [0.05, 0.1) is 28.4 Å². The van der Waals surface area contributed by atoms with Crippen LogP contribution in [-0.2, 0) is 18.9 Å². The van der Waals surface area contributed by atoms with Gasteiger partial charge in [0.1, 0.15) is 5.65 Å². The first-order valence-corrected chi connectivity index (χ1v) is 9.51. The Morgan fingerprint density at radius 3 is 2.45 bits per heavy atom. The second-order valence-corrected chi connectivity index (χ2v) is 7.41. The van der Waals surface area contributed by atoms with E-state index in [1.807, 2.05) is 6.92 Å². The SMILES string of the molecule is Cc1ccc2c(c1)C(=O)N(CCC(=O)Nc1cnc3c(c1)c(=O)n(C)c(=O)n3C)C2=O. The van der Waals surface area contributed by atoms with Crippen LogP contribution in [0.3, 0.4) is 0 Å². The fourth-order valence-electron chi connectivity index (χ4n) is 3.58. The maximum Gasteiger partial charge on any atom is 0.332 e. The third-order valence-corrected chi connectivity index (χ3v) is 5.27. The predicted octanol–water partition coefficient (Wildman–Crippen LogP) is 0.565. The zero-order chi connectivity index (χ0) is 22.4. The number of rotatable bonds is 4. The molecule has 0 radical (unpaired) electrons. The highest BCUT2D eigenvalue weighted by atomic mass is 16.2. The Kier molecular flexibility index (Phi) is 4.77. The van der Waals surface area contributed by atoms with Crippen LogP contribution in [0.25, 0.3) is 11.0 Å². The summed E-state index contributed by atoms with van der Waals surface area (Å²) < 4.78 is 2.20. The van der Waals surface area contributed by atoms with Gasteiger partial charge in [0.15, 0.2) is 0 Å². The van der Waals surface area contributed by atoms with Gasteiger partial charge in [-0.1, -0.05) is 11.6 Å². The molecule has 3 amide bonds. The van der Waals surface area contributed by atoms with Crippen LogP contribution in [0.4, 0.5) is 5.69 Å². The van der Waals surface area contributed by atoms with Crippen LogP contribution in [0.2, 0.25) is 0 Å². The lowest BCUT2D eigenvalue weighted by atomic mass is 10.1. The monoisotopic (exact) mass is 421 g/mol. The highest BCUT2D eigenvalue weighted by Gasteiger charge is 2.35. The van der Waals surface area contributed by atoms with Crippen molar-refractivity contribution in [1.82, 2.24) is 19.0 Å². The smallest absolute Gasteiger partial charge is 0.325 e. The number of aryl methyl sites for hydroxylation is 2. The summed E-state index contributed by atoms with van der Waals surface area (Å²) in [5, 5.41) is 2.79. The summed E-state index contributed by atoms with van der Waals surface area (Å²) >= 11 is 0. The lowest BCUT2D eigenvalue weighted by Gasteiger charge is -2.13. The zero-order valence-electron chi connectivity index (χ0n) is 17.1. The second-order valence-electron chi connectivity index (χ2n) is 7.41. The molecule has 1 N–H and O–H groups in total. The van der Waals surface area contributed by atoms with E-state index in [4.69, 9.17) is 0 Å². The van der Waals surface area contributed by atoms with Gasteiger partial charge in [-0.3, -0.25) is 33.2 Å². The molecule has 2 aromatic heterocycles. The van der Waals surface area contributed by atoms with Gasteiger partial charge in [0.2, 0.25) is 5.91 Å². The molecule has 0 saturated carbocycles. The molecular formula is C21H19N5O5. The number of imide groups is 1. The quantitative estimate of drug-likeness (QED) is 0.614. The zero-order valence-corrected chi connectivity index (χ0v) is 17.1. The Hall–Kier alpha value is -4.08. The van der Waals surface area contributed by atoms with Gasteiger partial charge in [0.25, 0.3) is 17.4 Å². The van der Waals surface area contributed by atoms with Crippen molar-refractivity contribution in [2.24, 2.45) is 14.1 Å². The molecule has 0 atom stereocenters. The number of nitrogens with zero attached hydrogens (tertiary/aromatic N) is 4. The molecule has 0 bridgehead atoms. The number of carbonyl (C=O) groups excluding carboxylic acids is 3. The third-order valence-electron chi connectivity index (χ3n) is 5.27. The number of hydrogen-bond acceptors (Lipinski definition) is 6. The van der Waals surface area contributed by atoms with Crippen molar-refractivity contribution >= 4 is 34.4 Å². The van der Waals surface area contributed by atoms with E-state index in [1.54, 1.807) is 18.2 Å². The lowest BCUT2D eigenvalue weighted by molar-refractivity contribution is -0.116. The summed E-state index contributed by atoms with van der Waals surface area (Å²) in [5.41, 5.74) is 0.980. The van der Waals surface area contributed by atoms with Crippen molar-refractivity contribution in [2.75, 3.05) is 11.9 Å². The molecule has 0 unspecified atom stereocenters. The molecule has 1 aliphatic heterocycles. The maximum absolute atomic E-state index is 12.5. The molecule has 4 rings (SSSR count). The number of benzene rings is 1. The maximum atomic E-state index is 12.5. The van der Waals surface area contributed by atoms with Crippen LogP contribution in [0, 0.1) is 6.92 Å². The molecule has 0 aliphatic carbocycles. The Balaban J connectivity index is 1.49. The van der Waals surface area contributed by atoms with Crippen LogP contribution in [-0.4, -0.2) is 43.3 Å². The molecule has 1 aliphatic rings. The van der Waals surface area contributed by atoms with E-state index in [0.29, 0.717) is 11.1 Å². The third kappa shape index (κ3) is 3.31. The molecule has 158 valence electrons. The first-order chi connectivity index (χ1) is 14.7. The molecule has 0 saturated heterocycles. The lowest BCUT2D eigenvalue weighted by Crippen LogP contribution is -2.37. The summed E-state index contributed by atoms with van der Waals surface area (Å²) in [6.07, 6.45) is 1.22. The second kappa shape index (κ2) is 7.31. The Bertz CT molecular complexity index is 1400. The number of carbonyl (C=O) groups is 3. The highest BCUT2D eigenvalue weighted by molar-refractivity contribution is 6.21. The largest absolute Gasteiger partial charge is 0.332 e. The minimum absolute atomic E-state index is 0.0749. The average Bonchev–Trinajstić information content (AvgIpc) is 2.98. The van der Waals surface area contributed by atoms with Crippen LogP contribution in [0.5, 0.6) is 0 Å². The Morgan fingerprint density at radius 2 is 1.71 bits per heavy atom. The van der Waals surface area contributed by atoms with Crippen LogP contribution in [0.15, 0.2) is 40.1 Å². The van der Waals surface area contributed by atoms with E-state index in [1.165, 1.54) is 30.9 Å². The summed E-state index contributed by atoms with van der Waals surface area (Å²) in [5.74, 6) is -1.30. The molecule has 0 fully saturated rings. The normalized spacial score (nSPS) is 13.1. The van der Waals surface area contributed by atoms with Gasteiger partial charge in [-0.25, -0.2) is 9.78 Å². The van der Waals surface area contributed by atoms with E-state index >= 15 is 0 Å². The number of aromatic nitrogens is 3. The molecular weight excluding hydrogens is 402 g/mol. The van der Waals surface area contributed by atoms with Gasteiger partial charge in [-0.2, -0.15) is 0 Å². The van der Waals surface area contributed by atoms with Crippen molar-refractivity contribution in [3.8, 4) is 0 Å². The van der Waals surface area contributed by atoms with E-state index in [-0.39, 0.29) is 29.7 Å². The van der Waals surface area contributed by atoms with E-state index in [2.05, 4.69) is 10.3 Å². The van der Waals surface area contributed by atoms with Crippen LogP contribution in [0.1, 0.15) is 32.7 Å². The molecule has 10 heteroatoms. The number of pyridine rings is 1. The minimum atomic E-state index is -0.525. The Labute approximate surface area is 175 Å². The molecule has 31 heavy (non-hydrogen) atoms. The highest BCUT2D eigenvalue weighted by Crippen LogP contribution is 2.24. The number of nitrogens with one attached hydrogen (secondary N) is 1. The first kappa shape index (κ1) is 20.2. The van der Waals surface area contributed by atoms with Gasteiger partial charge in [-0.05, 0) is 25.1 Å². The summed E-state index contributed by atoms with van der Waals surface area (Å²) in [7, 11) is 2.86. The van der Waals surface area contributed by atoms with Crippen molar-refractivity contribution in [3.05, 3.63) is 68.0 Å². The number of amides is 3. The van der Waals surface area contributed by atoms with Crippen molar-refractivity contribution in [3.63, 3.8) is 0 Å². The summed E-state index contributed by atoms with van der Waals surface area (Å²) in [6.45, 7) is 1.76. The predicted molar refractivity (Wildman–Crippen MR) is 112 cm³/mol. The van der Waals surface area contributed by atoms with Crippen molar-refractivity contribution < 1.29 is 14.4 Å². The Morgan fingerprint density at radius 1 is 1.00 bits per heavy atom. The number of hydrogen-bond donors (Lipinski definition) is 1. The molecule has 1 aromatic carbocycles. The molecule has 0 spiro atoms. The first-order valence-electron chi connectivity index (χ1n) is 9.51.